The van der Waals surface area contributed by atoms with Gasteiger partial charge in [-0.15, -0.1) is 0 Å². The third-order valence-corrected chi connectivity index (χ3v) is 3.16. The predicted molar refractivity (Wildman–Crippen MR) is 83.8 cm³/mol. The number of carbonyl (C=O) groups excluding carboxylic acids is 1. The Morgan fingerprint density at radius 1 is 1.19 bits per heavy atom. The van der Waals surface area contributed by atoms with Gasteiger partial charge >= 0.3 is 12.0 Å². The average molecular weight is 293 g/mol. The number of anilines is 2. The number of carbonyl (C=O) groups is 2. The summed E-state index contributed by atoms with van der Waals surface area (Å²) in [6.45, 7) is 3.75. The van der Waals surface area contributed by atoms with Crippen LogP contribution < -0.4 is 15.5 Å². The van der Waals surface area contributed by atoms with Crippen molar-refractivity contribution in [3.05, 3.63) is 24.3 Å². The van der Waals surface area contributed by atoms with Crippen molar-refractivity contribution in [2.24, 2.45) is 5.92 Å². The summed E-state index contributed by atoms with van der Waals surface area (Å²) in [6.07, 6.45) is -0.0926. The highest BCUT2D eigenvalue weighted by Crippen LogP contribution is 2.15. The molecule has 21 heavy (non-hydrogen) atoms. The van der Waals surface area contributed by atoms with Crippen LogP contribution in [0.3, 0.4) is 0 Å². The molecule has 0 aliphatic heterocycles. The summed E-state index contributed by atoms with van der Waals surface area (Å²) in [5.74, 6) is -0.882. The highest BCUT2D eigenvalue weighted by atomic mass is 16.4. The molecule has 1 atom stereocenters. The fraction of sp³-hybridized carbons (Fsp3) is 0.467. The molecule has 2 amide bonds. The van der Waals surface area contributed by atoms with Gasteiger partial charge in [0.05, 0.1) is 6.42 Å². The fourth-order valence-electron chi connectivity index (χ4n) is 1.82. The van der Waals surface area contributed by atoms with Crippen molar-refractivity contribution in [3.8, 4) is 0 Å². The summed E-state index contributed by atoms with van der Waals surface area (Å²) >= 11 is 0. The largest absolute Gasteiger partial charge is 0.481 e. The van der Waals surface area contributed by atoms with Gasteiger partial charge in [-0.2, -0.15) is 0 Å². The Morgan fingerprint density at radius 2 is 1.76 bits per heavy atom. The Kier molecular flexibility index (Phi) is 6.02. The minimum atomic E-state index is -0.927. The van der Waals surface area contributed by atoms with E-state index >= 15 is 0 Å². The fourth-order valence-corrected chi connectivity index (χ4v) is 1.82. The topological polar surface area (TPSA) is 81.7 Å². The molecule has 6 heteroatoms. The monoisotopic (exact) mass is 293 g/mol. The first-order chi connectivity index (χ1) is 9.79. The van der Waals surface area contributed by atoms with E-state index in [2.05, 4.69) is 10.6 Å². The van der Waals surface area contributed by atoms with Crippen LogP contribution in [0.4, 0.5) is 16.2 Å². The van der Waals surface area contributed by atoms with E-state index in [9.17, 15) is 9.59 Å². The van der Waals surface area contributed by atoms with Gasteiger partial charge in [-0.05, 0) is 30.2 Å². The van der Waals surface area contributed by atoms with Crippen molar-refractivity contribution in [1.82, 2.24) is 5.32 Å². The number of hydrogen-bond acceptors (Lipinski definition) is 3. The summed E-state index contributed by atoms with van der Waals surface area (Å²) in [6, 6.07) is 6.60. The van der Waals surface area contributed by atoms with Crippen LogP contribution in [0.25, 0.3) is 0 Å². The molecule has 1 rings (SSSR count). The molecule has 1 aromatic carbocycles. The van der Waals surface area contributed by atoms with Gasteiger partial charge in [-0.3, -0.25) is 4.79 Å². The number of rotatable bonds is 6. The van der Waals surface area contributed by atoms with Crippen LogP contribution in [0.2, 0.25) is 0 Å². The van der Waals surface area contributed by atoms with Gasteiger partial charge in [0.1, 0.15) is 0 Å². The van der Waals surface area contributed by atoms with E-state index < -0.39 is 18.0 Å². The van der Waals surface area contributed by atoms with Crippen molar-refractivity contribution in [1.29, 1.82) is 0 Å². The molecule has 1 unspecified atom stereocenters. The summed E-state index contributed by atoms with van der Waals surface area (Å²) < 4.78 is 0. The van der Waals surface area contributed by atoms with Crippen LogP contribution in [0.1, 0.15) is 20.3 Å². The summed E-state index contributed by atoms with van der Waals surface area (Å²) in [5.41, 5.74) is 1.70. The first-order valence-corrected chi connectivity index (χ1v) is 6.86. The lowest BCUT2D eigenvalue weighted by Gasteiger charge is -2.21. The van der Waals surface area contributed by atoms with Crippen molar-refractivity contribution in [2.45, 2.75) is 26.3 Å². The van der Waals surface area contributed by atoms with Gasteiger partial charge in [0, 0.05) is 31.5 Å². The number of urea groups is 1. The molecule has 0 aromatic heterocycles. The molecule has 116 valence electrons. The standard InChI is InChI=1S/C15H23N3O3/c1-10(2)13(9-14(19)20)17-15(21)16-11-5-7-12(8-6-11)18(3)4/h5-8,10,13H,9H2,1-4H3,(H,19,20)(H2,16,17,21). The third-order valence-electron chi connectivity index (χ3n) is 3.16. The summed E-state index contributed by atoms with van der Waals surface area (Å²) in [5, 5.41) is 14.2. The maximum Gasteiger partial charge on any atom is 0.319 e. The molecule has 6 nitrogen and oxygen atoms in total. The van der Waals surface area contributed by atoms with Gasteiger partial charge in [0.25, 0.3) is 0 Å². The summed E-state index contributed by atoms with van der Waals surface area (Å²) in [7, 11) is 3.88. The number of hydrogen-bond donors (Lipinski definition) is 3. The van der Waals surface area contributed by atoms with Crippen molar-refractivity contribution in [3.63, 3.8) is 0 Å². The highest BCUT2D eigenvalue weighted by molar-refractivity contribution is 5.90. The van der Waals surface area contributed by atoms with Crippen LogP contribution in [-0.2, 0) is 4.79 Å². The van der Waals surface area contributed by atoms with Crippen LogP contribution >= 0.6 is 0 Å². The average Bonchev–Trinajstić information content (AvgIpc) is 2.37. The lowest BCUT2D eigenvalue weighted by Crippen LogP contribution is -2.42. The Morgan fingerprint density at radius 3 is 2.19 bits per heavy atom. The molecule has 0 saturated heterocycles. The normalized spacial score (nSPS) is 11.9. The van der Waals surface area contributed by atoms with Crippen molar-refractivity contribution >= 4 is 23.4 Å². The van der Waals surface area contributed by atoms with Crippen LogP contribution in [0, 0.1) is 5.92 Å². The Bertz CT molecular complexity index is 483. The van der Waals surface area contributed by atoms with E-state index in [1.54, 1.807) is 12.1 Å². The second-order valence-corrected chi connectivity index (χ2v) is 5.49. The van der Waals surface area contributed by atoms with Crippen LogP contribution in [0.15, 0.2) is 24.3 Å². The van der Waals surface area contributed by atoms with E-state index in [0.717, 1.165) is 5.69 Å². The second kappa shape index (κ2) is 7.52. The van der Waals surface area contributed by atoms with Gasteiger partial charge in [-0.25, -0.2) is 4.79 Å². The lowest BCUT2D eigenvalue weighted by atomic mass is 10.0. The van der Waals surface area contributed by atoms with Crippen molar-refractivity contribution in [2.75, 3.05) is 24.3 Å². The zero-order valence-corrected chi connectivity index (χ0v) is 12.9. The van der Waals surface area contributed by atoms with E-state index in [0.29, 0.717) is 5.69 Å². The Hall–Kier alpha value is -2.24. The number of aliphatic carboxylic acids is 1. The lowest BCUT2D eigenvalue weighted by molar-refractivity contribution is -0.137. The molecule has 0 heterocycles. The SMILES string of the molecule is CC(C)C(CC(=O)O)NC(=O)Nc1ccc(N(C)C)cc1. The first kappa shape index (κ1) is 16.8. The number of nitrogens with one attached hydrogen (secondary N) is 2. The molecule has 0 aliphatic carbocycles. The van der Waals surface area contributed by atoms with E-state index in [4.69, 9.17) is 5.11 Å². The minimum absolute atomic E-state index is 0.0444. The van der Waals surface area contributed by atoms with E-state index in [1.807, 2.05) is 45.0 Å². The maximum atomic E-state index is 11.9. The molecule has 1 aromatic rings. The number of carboxylic acid groups (broad SMARTS) is 1. The molecule has 0 saturated carbocycles. The van der Waals surface area contributed by atoms with Gasteiger partial charge in [0.15, 0.2) is 0 Å². The molecule has 0 radical (unpaired) electrons. The quantitative estimate of drug-likeness (QED) is 0.752. The smallest absolute Gasteiger partial charge is 0.319 e. The molecule has 0 spiro atoms. The number of amides is 2. The second-order valence-electron chi connectivity index (χ2n) is 5.49. The van der Waals surface area contributed by atoms with Crippen LogP contribution in [-0.4, -0.2) is 37.2 Å². The van der Waals surface area contributed by atoms with Crippen LogP contribution in [0.5, 0.6) is 0 Å². The van der Waals surface area contributed by atoms with E-state index in [-0.39, 0.29) is 12.3 Å². The van der Waals surface area contributed by atoms with Crippen molar-refractivity contribution < 1.29 is 14.7 Å². The number of nitrogens with zero attached hydrogens (tertiary/aromatic N) is 1. The molecule has 0 bridgehead atoms. The third kappa shape index (κ3) is 5.72. The van der Waals surface area contributed by atoms with Gasteiger partial charge in [-0.1, -0.05) is 13.8 Å². The van der Waals surface area contributed by atoms with Gasteiger partial charge < -0.3 is 20.6 Å². The molecular formula is C15H23N3O3. The molecule has 3 N–H and O–H groups in total. The predicted octanol–water partition coefficient (Wildman–Crippen LogP) is 2.37. The molecule has 0 fully saturated rings. The molecular weight excluding hydrogens is 270 g/mol. The first-order valence-electron chi connectivity index (χ1n) is 6.86. The zero-order chi connectivity index (χ0) is 16.0. The maximum absolute atomic E-state index is 11.9. The number of carboxylic acids is 1. The Labute approximate surface area is 125 Å². The summed E-state index contributed by atoms with van der Waals surface area (Å²) in [4.78, 5) is 24.6. The Balaban J connectivity index is 2.61. The van der Waals surface area contributed by atoms with Gasteiger partial charge in [0.2, 0.25) is 0 Å². The minimum Gasteiger partial charge on any atom is -0.481 e. The van der Waals surface area contributed by atoms with E-state index in [1.165, 1.54) is 0 Å². The number of benzene rings is 1. The molecule has 0 aliphatic rings. The highest BCUT2D eigenvalue weighted by Gasteiger charge is 2.19. The zero-order valence-electron chi connectivity index (χ0n) is 12.9.